The average molecular weight is 416 g/mol. The zero-order valence-corrected chi connectivity index (χ0v) is 17.9. The predicted octanol–water partition coefficient (Wildman–Crippen LogP) is 2.92. The minimum Gasteiger partial charge on any atom is -0.445 e. The highest BCUT2D eigenvalue weighted by Crippen LogP contribution is 2.40. The van der Waals surface area contributed by atoms with Gasteiger partial charge in [-0.3, -0.25) is 9.59 Å². The maximum absolute atomic E-state index is 13.1. The van der Waals surface area contributed by atoms with Gasteiger partial charge in [0.05, 0.1) is 0 Å². The first-order valence-corrected chi connectivity index (χ1v) is 10.6. The molecule has 3 amide bonds. The van der Waals surface area contributed by atoms with Crippen LogP contribution in [0.3, 0.4) is 0 Å². The van der Waals surface area contributed by atoms with Crippen LogP contribution in [-0.2, 0) is 20.9 Å². The Hall–Kier alpha value is -2.83. The number of benzene rings is 1. The Bertz CT molecular complexity index is 737. The van der Waals surface area contributed by atoms with Crippen LogP contribution in [-0.4, -0.2) is 36.5 Å². The lowest BCUT2D eigenvalue weighted by molar-refractivity contribution is -0.134. The van der Waals surface area contributed by atoms with Crippen LogP contribution in [0, 0.1) is 11.8 Å². The first kappa shape index (κ1) is 23.4. The van der Waals surface area contributed by atoms with Crippen LogP contribution >= 0.6 is 0 Å². The van der Waals surface area contributed by atoms with Crippen molar-refractivity contribution >= 4 is 17.9 Å². The third kappa shape index (κ3) is 6.34. The van der Waals surface area contributed by atoms with E-state index < -0.39 is 11.6 Å². The number of hydrogen-bond donors (Lipinski definition) is 3. The van der Waals surface area contributed by atoms with Crippen molar-refractivity contribution < 1.29 is 19.1 Å². The molecule has 3 N–H and O–H groups in total. The van der Waals surface area contributed by atoms with E-state index >= 15 is 0 Å². The van der Waals surface area contributed by atoms with Gasteiger partial charge in [-0.15, -0.1) is 6.58 Å². The quantitative estimate of drug-likeness (QED) is 0.404. The molecule has 30 heavy (non-hydrogen) atoms. The van der Waals surface area contributed by atoms with Crippen LogP contribution in [0.2, 0.25) is 0 Å². The summed E-state index contributed by atoms with van der Waals surface area (Å²) in [7, 11) is 0. The molecule has 1 saturated carbocycles. The molecule has 1 aliphatic carbocycles. The highest BCUT2D eigenvalue weighted by atomic mass is 16.5. The fourth-order valence-electron chi connectivity index (χ4n) is 3.99. The van der Waals surface area contributed by atoms with E-state index in [1.807, 2.05) is 43.3 Å². The molecule has 1 aromatic rings. The maximum Gasteiger partial charge on any atom is 0.407 e. The second-order valence-corrected chi connectivity index (χ2v) is 7.84. The van der Waals surface area contributed by atoms with Crippen molar-refractivity contribution in [2.24, 2.45) is 11.8 Å². The van der Waals surface area contributed by atoms with E-state index in [-0.39, 0.29) is 36.8 Å². The van der Waals surface area contributed by atoms with Crippen LogP contribution in [0.5, 0.6) is 0 Å². The van der Waals surface area contributed by atoms with Gasteiger partial charge in [0.1, 0.15) is 12.1 Å². The summed E-state index contributed by atoms with van der Waals surface area (Å²) in [6, 6.07) is 9.41. The van der Waals surface area contributed by atoms with Crippen molar-refractivity contribution in [3.8, 4) is 0 Å². The van der Waals surface area contributed by atoms with Crippen LogP contribution < -0.4 is 16.0 Å². The second-order valence-electron chi connectivity index (χ2n) is 7.84. The molecule has 0 saturated heterocycles. The molecule has 0 radical (unpaired) electrons. The summed E-state index contributed by atoms with van der Waals surface area (Å²) in [5, 5.41) is 8.60. The number of allylic oxidation sites excluding steroid dienone is 1. The monoisotopic (exact) mass is 415 g/mol. The molecule has 7 heteroatoms. The van der Waals surface area contributed by atoms with Crippen molar-refractivity contribution in [2.75, 3.05) is 13.1 Å². The summed E-state index contributed by atoms with van der Waals surface area (Å²) in [6.45, 7) is 8.25. The van der Waals surface area contributed by atoms with Gasteiger partial charge in [-0.1, -0.05) is 49.8 Å². The summed E-state index contributed by atoms with van der Waals surface area (Å²) in [5.74, 6) is -0.682. The van der Waals surface area contributed by atoms with Gasteiger partial charge in [0.15, 0.2) is 0 Å². The Kier molecular flexibility index (Phi) is 8.89. The number of rotatable bonds is 10. The molecule has 0 spiro atoms. The molecule has 0 aliphatic heterocycles. The van der Waals surface area contributed by atoms with Crippen LogP contribution in [0.1, 0.15) is 45.1 Å². The minimum atomic E-state index is -1.08. The van der Waals surface area contributed by atoms with Crippen LogP contribution in [0.15, 0.2) is 43.0 Å². The molecule has 0 aromatic heterocycles. The first-order valence-electron chi connectivity index (χ1n) is 10.6. The topological polar surface area (TPSA) is 96.5 Å². The summed E-state index contributed by atoms with van der Waals surface area (Å²) in [5.41, 5.74) is -0.186. The van der Waals surface area contributed by atoms with E-state index in [9.17, 15) is 14.4 Å². The Morgan fingerprint density at radius 1 is 1.23 bits per heavy atom. The number of nitrogens with one attached hydrogen (secondary N) is 3. The molecule has 7 nitrogen and oxygen atoms in total. The lowest BCUT2D eigenvalue weighted by Crippen LogP contribution is -2.62. The Morgan fingerprint density at radius 2 is 1.97 bits per heavy atom. The van der Waals surface area contributed by atoms with Crippen molar-refractivity contribution in [3.63, 3.8) is 0 Å². The van der Waals surface area contributed by atoms with Crippen LogP contribution in [0.25, 0.3) is 0 Å². The third-order valence-electron chi connectivity index (χ3n) is 5.53. The van der Waals surface area contributed by atoms with Crippen molar-refractivity contribution in [3.05, 3.63) is 48.6 Å². The van der Waals surface area contributed by atoms with Gasteiger partial charge in [-0.2, -0.15) is 0 Å². The van der Waals surface area contributed by atoms with Gasteiger partial charge < -0.3 is 20.7 Å². The number of carbonyl (C=O) groups is 3. The SMILES string of the molecule is C=CC1CC(CNC(=O)OCc2ccccc2)C(NC(C)=O)(C(=O)NCCCC)C1. The van der Waals surface area contributed by atoms with Gasteiger partial charge in [0.2, 0.25) is 11.8 Å². The zero-order valence-electron chi connectivity index (χ0n) is 17.9. The predicted molar refractivity (Wildman–Crippen MR) is 116 cm³/mol. The number of unbranched alkanes of at least 4 members (excludes halogenated alkanes) is 1. The van der Waals surface area contributed by atoms with E-state index in [2.05, 4.69) is 22.5 Å². The molecule has 1 aromatic carbocycles. The molecular formula is C23H33N3O4. The van der Waals surface area contributed by atoms with Gasteiger partial charge >= 0.3 is 6.09 Å². The minimum absolute atomic E-state index is 0.0703. The molecule has 0 heterocycles. The first-order chi connectivity index (χ1) is 14.4. The molecular weight excluding hydrogens is 382 g/mol. The summed E-state index contributed by atoms with van der Waals surface area (Å²) in [6.07, 6.45) is 4.18. The van der Waals surface area contributed by atoms with E-state index in [1.165, 1.54) is 6.92 Å². The van der Waals surface area contributed by atoms with Gasteiger partial charge in [0, 0.05) is 25.9 Å². The average Bonchev–Trinajstić information content (AvgIpc) is 3.09. The van der Waals surface area contributed by atoms with Gasteiger partial charge in [0.25, 0.3) is 0 Å². The molecule has 3 unspecified atom stereocenters. The fraction of sp³-hybridized carbons (Fsp3) is 0.522. The van der Waals surface area contributed by atoms with E-state index in [0.717, 1.165) is 18.4 Å². The molecule has 2 rings (SSSR count). The van der Waals surface area contributed by atoms with Crippen molar-refractivity contribution in [1.82, 2.24) is 16.0 Å². The van der Waals surface area contributed by atoms with E-state index in [4.69, 9.17) is 4.74 Å². The Balaban J connectivity index is 2.04. The highest BCUT2D eigenvalue weighted by molar-refractivity contribution is 5.91. The smallest absolute Gasteiger partial charge is 0.407 e. The maximum atomic E-state index is 13.1. The zero-order chi connectivity index (χ0) is 22.0. The molecule has 3 atom stereocenters. The molecule has 164 valence electrons. The largest absolute Gasteiger partial charge is 0.445 e. The normalized spacial score (nSPS) is 22.7. The standard InChI is InChI=1S/C23H33N3O4/c1-4-6-12-24-21(28)23(26-17(3)27)14-18(5-2)13-20(23)15-25-22(29)30-16-19-10-8-7-9-11-19/h5,7-11,18,20H,2,4,6,12-16H2,1,3H3,(H,24,28)(H,25,29)(H,26,27). The number of alkyl carbamates (subject to hydrolysis) is 1. The Morgan fingerprint density at radius 3 is 2.60 bits per heavy atom. The summed E-state index contributed by atoms with van der Waals surface area (Å²) in [4.78, 5) is 37.2. The Labute approximate surface area is 178 Å². The number of carbonyl (C=O) groups excluding carboxylic acids is 3. The number of ether oxygens (including phenoxy) is 1. The third-order valence-corrected chi connectivity index (χ3v) is 5.53. The van der Waals surface area contributed by atoms with E-state index in [1.54, 1.807) is 0 Å². The number of hydrogen-bond acceptors (Lipinski definition) is 4. The lowest BCUT2D eigenvalue weighted by atomic mass is 9.85. The summed E-state index contributed by atoms with van der Waals surface area (Å²) < 4.78 is 5.27. The molecule has 1 fully saturated rings. The van der Waals surface area contributed by atoms with E-state index in [0.29, 0.717) is 19.4 Å². The molecule has 1 aliphatic rings. The van der Waals surface area contributed by atoms with Gasteiger partial charge in [-0.25, -0.2) is 4.79 Å². The van der Waals surface area contributed by atoms with Crippen molar-refractivity contribution in [2.45, 2.75) is 51.7 Å². The van der Waals surface area contributed by atoms with Crippen LogP contribution in [0.4, 0.5) is 4.79 Å². The summed E-state index contributed by atoms with van der Waals surface area (Å²) >= 11 is 0. The number of amides is 3. The molecule has 0 bridgehead atoms. The lowest BCUT2D eigenvalue weighted by Gasteiger charge is -2.35. The van der Waals surface area contributed by atoms with Crippen molar-refractivity contribution in [1.29, 1.82) is 0 Å². The van der Waals surface area contributed by atoms with Gasteiger partial charge in [-0.05, 0) is 30.7 Å². The second kappa shape index (κ2) is 11.4. The fourth-order valence-corrected chi connectivity index (χ4v) is 3.99. The highest BCUT2D eigenvalue weighted by Gasteiger charge is 2.52.